The van der Waals surface area contributed by atoms with E-state index >= 15 is 0 Å². The number of hydrogen-bond acceptors (Lipinski definition) is 7. The highest BCUT2D eigenvalue weighted by Crippen LogP contribution is 2.45. The number of nitrogens with one attached hydrogen (secondary N) is 2. The standard InChI is InChI=1S/C20H31N5O2/c1-13-11-26-8-7-25(13)18-10-17(21-12-22-18)19-15-9-14(27-20(2)5-6-20)3-4-16(15)23-24-19/h10,12-16,19,23-24H,3-9,11H2,1-2H3. The van der Waals surface area contributed by atoms with E-state index in [1.54, 1.807) is 6.33 Å². The van der Waals surface area contributed by atoms with Gasteiger partial charge >= 0.3 is 0 Å². The van der Waals surface area contributed by atoms with Crippen LogP contribution in [0.25, 0.3) is 0 Å². The van der Waals surface area contributed by atoms with E-state index in [-0.39, 0.29) is 11.6 Å². The van der Waals surface area contributed by atoms with Gasteiger partial charge in [-0.3, -0.25) is 5.43 Å². The minimum Gasteiger partial charge on any atom is -0.377 e. The highest BCUT2D eigenvalue weighted by Gasteiger charge is 2.46. The normalized spacial score (nSPS) is 37.9. The maximum atomic E-state index is 6.40. The topological polar surface area (TPSA) is 71.5 Å². The average Bonchev–Trinajstić information content (AvgIpc) is 3.25. The number of ether oxygens (including phenoxy) is 2. The molecule has 0 amide bonds. The highest BCUT2D eigenvalue weighted by atomic mass is 16.5. The van der Waals surface area contributed by atoms with E-state index in [9.17, 15) is 0 Å². The highest BCUT2D eigenvalue weighted by molar-refractivity contribution is 5.41. The van der Waals surface area contributed by atoms with Crippen molar-refractivity contribution in [3.8, 4) is 0 Å². The summed E-state index contributed by atoms with van der Waals surface area (Å²) in [6.07, 6.45) is 7.92. The lowest BCUT2D eigenvalue weighted by molar-refractivity contribution is -0.0500. The lowest BCUT2D eigenvalue weighted by Crippen LogP contribution is -2.44. The van der Waals surface area contributed by atoms with Crippen molar-refractivity contribution in [1.82, 2.24) is 20.8 Å². The summed E-state index contributed by atoms with van der Waals surface area (Å²) >= 11 is 0. The molecule has 0 radical (unpaired) electrons. The van der Waals surface area contributed by atoms with Gasteiger partial charge in [-0.1, -0.05) is 0 Å². The number of morpholine rings is 1. The predicted molar refractivity (Wildman–Crippen MR) is 102 cm³/mol. The second kappa shape index (κ2) is 6.95. The van der Waals surface area contributed by atoms with Gasteiger partial charge in [-0.05, 0) is 46.0 Å². The van der Waals surface area contributed by atoms with Gasteiger partial charge in [0.2, 0.25) is 0 Å². The van der Waals surface area contributed by atoms with E-state index in [1.807, 2.05) is 0 Å². The van der Waals surface area contributed by atoms with E-state index in [4.69, 9.17) is 9.47 Å². The van der Waals surface area contributed by atoms with E-state index in [1.165, 1.54) is 12.8 Å². The van der Waals surface area contributed by atoms with Gasteiger partial charge in [0.1, 0.15) is 12.1 Å². The first-order valence-electron chi connectivity index (χ1n) is 10.5. The van der Waals surface area contributed by atoms with Crippen molar-refractivity contribution in [3.63, 3.8) is 0 Å². The van der Waals surface area contributed by atoms with Crippen molar-refractivity contribution in [2.45, 2.75) is 75.8 Å². The van der Waals surface area contributed by atoms with Crippen molar-refractivity contribution in [2.24, 2.45) is 5.92 Å². The van der Waals surface area contributed by atoms with Crippen molar-refractivity contribution >= 4 is 5.82 Å². The molecule has 3 heterocycles. The van der Waals surface area contributed by atoms with Crippen LogP contribution >= 0.6 is 0 Å². The Hall–Kier alpha value is -1.28. The third-order valence-electron chi connectivity index (χ3n) is 6.76. The molecule has 2 aliphatic heterocycles. The molecular formula is C20H31N5O2. The summed E-state index contributed by atoms with van der Waals surface area (Å²) in [7, 11) is 0. The smallest absolute Gasteiger partial charge is 0.132 e. The number of hydrogen-bond donors (Lipinski definition) is 2. The third kappa shape index (κ3) is 3.58. The van der Waals surface area contributed by atoms with Crippen molar-refractivity contribution < 1.29 is 9.47 Å². The molecule has 2 N–H and O–H groups in total. The van der Waals surface area contributed by atoms with Crippen LogP contribution in [0.5, 0.6) is 0 Å². The van der Waals surface area contributed by atoms with Crippen molar-refractivity contribution in [1.29, 1.82) is 0 Å². The van der Waals surface area contributed by atoms with Crippen LogP contribution in [-0.2, 0) is 9.47 Å². The van der Waals surface area contributed by atoms with E-state index < -0.39 is 0 Å². The molecule has 4 aliphatic rings. The molecule has 2 saturated heterocycles. The molecule has 5 rings (SSSR count). The Balaban J connectivity index is 1.32. The molecule has 0 spiro atoms. The third-order valence-corrected chi connectivity index (χ3v) is 6.76. The van der Waals surface area contributed by atoms with Gasteiger partial charge in [0.05, 0.1) is 42.7 Å². The first kappa shape index (κ1) is 17.8. The zero-order valence-electron chi connectivity index (χ0n) is 16.4. The quantitative estimate of drug-likeness (QED) is 0.836. The minimum absolute atomic E-state index is 0.154. The molecule has 7 nitrogen and oxygen atoms in total. The molecule has 27 heavy (non-hydrogen) atoms. The Morgan fingerprint density at radius 1 is 1.26 bits per heavy atom. The molecule has 1 aromatic heterocycles. The monoisotopic (exact) mass is 373 g/mol. The molecule has 0 bridgehead atoms. The van der Waals surface area contributed by atoms with Crippen LogP contribution in [-0.4, -0.2) is 53.5 Å². The minimum atomic E-state index is 0.154. The van der Waals surface area contributed by atoms with Gasteiger partial charge in [0.25, 0.3) is 0 Å². The van der Waals surface area contributed by atoms with Gasteiger partial charge in [-0.15, -0.1) is 0 Å². The van der Waals surface area contributed by atoms with Crippen LogP contribution < -0.4 is 15.8 Å². The summed E-state index contributed by atoms with van der Waals surface area (Å²) in [6.45, 7) is 6.84. The molecular weight excluding hydrogens is 342 g/mol. The van der Waals surface area contributed by atoms with Gasteiger partial charge in [0.15, 0.2) is 0 Å². The van der Waals surface area contributed by atoms with Crippen molar-refractivity contribution in [2.75, 3.05) is 24.7 Å². The van der Waals surface area contributed by atoms with Crippen LogP contribution in [0.15, 0.2) is 12.4 Å². The number of anilines is 1. The summed E-state index contributed by atoms with van der Waals surface area (Å²) in [4.78, 5) is 11.5. The first-order chi connectivity index (χ1) is 13.1. The Bertz CT molecular complexity index is 682. The lowest BCUT2D eigenvalue weighted by Gasteiger charge is -2.35. The van der Waals surface area contributed by atoms with Crippen LogP contribution in [0.1, 0.15) is 57.7 Å². The molecule has 2 saturated carbocycles. The van der Waals surface area contributed by atoms with E-state index in [0.717, 1.165) is 50.5 Å². The SMILES string of the molecule is CC1COCCN1c1cc(C2NNC3CCC(OC4(C)CC4)CC32)ncn1. The molecule has 4 fully saturated rings. The molecule has 5 atom stereocenters. The summed E-state index contributed by atoms with van der Waals surface area (Å²) in [5, 5.41) is 0. The Kier molecular flexibility index (Phi) is 4.58. The summed E-state index contributed by atoms with van der Waals surface area (Å²) in [5.41, 5.74) is 8.26. The Labute approximate surface area is 161 Å². The molecule has 0 aromatic carbocycles. The number of rotatable bonds is 4. The molecule has 2 aliphatic carbocycles. The Morgan fingerprint density at radius 3 is 2.96 bits per heavy atom. The maximum Gasteiger partial charge on any atom is 0.132 e. The predicted octanol–water partition coefficient (Wildman–Crippen LogP) is 1.96. The molecule has 5 unspecified atom stereocenters. The fraction of sp³-hybridized carbons (Fsp3) is 0.800. The maximum absolute atomic E-state index is 6.40. The lowest BCUT2D eigenvalue weighted by atomic mass is 9.79. The van der Waals surface area contributed by atoms with E-state index in [0.29, 0.717) is 24.1 Å². The van der Waals surface area contributed by atoms with Crippen LogP contribution in [0.2, 0.25) is 0 Å². The zero-order valence-corrected chi connectivity index (χ0v) is 16.4. The van der Waals surface area contributed by atoms with Gasteiger partial charge in [0, 0.05) is 24.6 Å². The van der Waals surface area contributed by atoms with Gasteiger partial charge in [-0.25, -0.2) is 15.4 Å². The van der Waals surface area contributed by atoms with E-state index in [2.05, 4.69) is 45.6 Å². The fourth-order valence-electron chi connectivity index (χ4n) is 4.87. The molecule has 7 heteroatoms. The first-order valence-corrected chi connectivity index (χ1v) is 10.5. The molecule has 148 valence electrons. The number of fused-ring (bicyclic) bond motifs is 1. The zero-order chi connectivity index (χ0) is 18.4. The largest absolute Gasteiger partial charge is 0.377 e. The number of hydrazine groups is 1. The van der Waals surface area contributed by atoms with Crippen LogP contribution in [0.4, 0.5) is 5.82 Å². The summed E-state index contributed by atoms with van der Waals surface area (Å²) in [6, 6.07) is 3.22. The van der Waals surface area contributed by atoms with Gasteiger partial charge in [-0.2, -0.15) is 0 Å². The Morgan fingerprint density at radius 2 is 2.15 bits per heavy atom. The molecule has 1 aromatic rings. The van der Waals surface area contributed by atoms with Gasteiger partial charge < -0.3 is 14.4 Å². The summed E-state index contributed by atoms with van der Waals surface area (Å²) < 4.78 is 12.0. The van der Waals surface area contributed by atoms with Crippen LogP contribution in [0.3, 0.4) is 0 Å². The van der Waals surface area contributed by atoms with Crippen LogP contribution in [0, 0.1) is 5.92 Å². The number of nitrogens with zero attached hydrogens (tertiary/aromatic N) is 3. The second-order valence-corrected chi connectivity index (χ2v) is 8.96. The second-order valence-electron chi connectivity index (χ2n) is 8.96. The fourth-order valence-corrected chi connectivity index (χ4v) is 4.87. The number of aromatic nitrogens is 2. The summed E-state index contributed by atoms with van der Waals surface area (Å²) in [5.74, 6) is 1.52. The van der Waals surface area contributed by atoms with Crippen molar-refractivity contribution in [3.05, 3.63) is 18.1 Å². The average molecular weight is 374 g/mol.